The van der Waals surface area contributed by atoms with Gasteiger partial charge in [0.25, 0.3) is 0 Å². The molecular formula is C15H22N4O5. The molecule has 9 heteroatoms. The Hall–Kier alpha value is -2.58. The molecule has 2 rings (SSSR count). The van der Waals surface area contributed by atoms with Crippen molar-refractivity contribution in [1.82, 2.24) is 9.78 Å². The number of rotatable bonds is 5. The number of hydrogen-bond donors (Lipinski definition) is 1. The minimum atomic E-state index is -0.718. The summed E-state index contributed by atoms with van der Waals surface area (Å²) in [6, 6.07) is 1.60. The second-order valence-corrected chi connectivity index (χ2v) is 5.35. The molecule has 0 radical (unpaired) electrons. The largest absolute Gasteiger partial charge is 0.466 e. The first kappa shape index (κ1) is 17.8. The van der Waals surface area contributed by atoms with Crippen LogP contribution in [0.2, 0.25) is 0 Å². The lowest BCUT2D eigenvalue weighted by molar-refractivity contribution is -0.145. The molecule has 1 aromatic rings. The second kappa shape index (κ2) is 8.32. The van der Waals surface area contributed by atoms with Gasteiger partial charge in [-0.2, -0.15) is 0 Å². The average molecular weight is 338 g/mol. The van der Waals surface area contributed by atoms with Gasteiger partial charge in [0.15, 0.2) is 5.82 Å². The van der Waals surface area contributed by atoms with Crippen molar-refractivity contribution in [1.29, 1.82) is 0 Å². The summed E-state index contributed by atoms with van der Waals surface area (Å²) < 4.78 is 10.4. The number of aromatic nitrogens is 2. The van der Waals surface area contributed by atoms with Gasteiger partial charge >= 0.3 is 12.1 Å². The summed E-state index contributed by atoms with van der Waals surface area (Å²) in [5.74, 6) is -0.456. The smallest absolute Gasteiger partial charge is 0.436 e. The van der Waals surface area contributed by atoms with Crippen molar-refractivity contribution in [3.05, 3.63) is 6.07 Å². The van der Waals surface area contributed by atoms with Gasteiger partial charge in [0.2, 0.25) is 5.91 Å². The van der Waals surface area contributed by atoms with Crippen LogP contribution in [0, 0.1) is 0 Å². The van der Waals surface area contributed by atoms with Gasteiger partial charge in [-0.15, -0.1) is 9.78 Å². The number of esters is 1. The van der Waals surface area contributed by atoms with Gasteiger partial charge in [-0.3, -0.25) is 9.59 Å². The van der Waals surface area contributed by atoms with Crippen LogP contribution in [-0.2, 0) is 19.1 Å². The van der Waals surface area contributed by atoms with Gasteiger partial charge in [-0.1, -0.05) is 0 Å². The van der Waals surface area contributed by atoms with Crippen LogP contribution in [0.4, 0.5) is 16.4 Å². The molecule has 2 heterocycles. The first-order chi connectivity index (χ1) is 11.5. The summed E-state index contributed by atoms with van der Waals surface area (Å²) in [6.45, 7) is 3.54. The van der Waals surface area contributed by atoms with Crippen LogP contribution in [0.1, 0.15) is 32.6 Å². The lowest BCUT2D eigenvalue weighted by Gasteiger charge is -2.26. The van der Waals surface area contributed by atoms with E-state index in [0.717, 1.165) is 37.0 Å². The molecule has 1 saturated heterocycles. The second-order valence-electron chi connectivity index (χ2n) is 5.35. The third kappa shape index (κ3) is 4.46. The van der Waals surface area contributed by atoms with Crippen molar-refractivity contribution in [3.8, 4) is 0 Å². The molecule has 1 aliphatic rings. The Morgan fingerprint density at radius 2 is 1.96 bits per heavy atom. The molecule has 24 heavy (non-hydrogen) atoms. The highest BCUT2D eigenvalue weighted by molar-refractivity contribution is 6.02. The van der Waals surface area contributed by atoms with Crippen molar-refractivity contribution in [2.45, 2.75) is 32.6 Å². The maximum Gasteiger partial charge on any atom is 0.436 e. The topological polar surface area (TPSA) is 103 Å². The third-order valence-electron chi connectivity index (χ3n) is 3.60. The fraction of sp³-hybridized carbons (Fsp3) is 0.600. The van der Waals surface area contributed by atoms with E-state index < -0.39 is 24.4 Å². The van der Waals surface area contributed by atoms with Crippen LogP contribution < -0.4 is 10.2 Å². The van der Waals surface area contributed by atoms with Crippen LogP contribution in [0.15, 0.2) is 6.07 Å². The number of anilines is 2. The third-order valence-corrected chi connectivity index (χ3v) is 3.60. The Balaban J connectivity index is 2.14. The van der Waals surface area contributed by atoms with E-state index in [-0.39, 0.29) is 12.4 Å². The van der Waals surface area contributed by atoms with E-state index >= 15 is 0 Å². The molecule has 1 aromatic heterocycles. The number of nitrogens with zero attached hydrogens (tertiary/aromatic N) is 3. The monoisotopic (exact) mass is 338 g/mol. The van der Waals surface area contributed by atoms with E-state index in [9.17, 15) is 14.4 Å². The molecule has 1 amide bonds. The van der Waals surface area contributed by atoms with Gasteiger partial charge in [0, 0.05) is 19.2 Å². The van der Waals surface area contributed by atoms with Gasteiger partial charge in [-0.05, 0) is 26.2 Å². The fourth-order valence-corrected chi connectivity index (χ4v) is 2.49. The Morgan fingerprint density at radius 3 is 2.58 bits per heavy atom. The lowest BCUT2D eigenvalue weighted by Crippen LogP contribution is -2.30. The number of carbonyl (C=O) groups is 3. The summed E-state index contributed by atoms with van der Waals surface area (Å²) in [5.41, 5.74) is 0. The Kier molecular flexibility index (Phi) is 6.16. The molecule has 0 saturated carbocycles. The van der Waals surface area contributed by atoms with Gasteiger partial charge in [0.1, 0.15) is 12.2 Å². The highest BCUT2D eigenvalue weighted by Gasteiger charge is 2.22. The Labute approximate surface area is 139 Å². The molecule has 1 aliphatic heterocycles. The summed E-state index contributed by atoms with van der Waals surface area (Å²) in [4.78, 5) is 37.2. The van der Waals surface area contributed by atoms with Crippen molar-refractivity contribution < 1.29 is 23.9 Å². The molecule has 0 aliphatic carbocycles. The summed E-state index contributed by atoms with van der Waals surface area (Å²) in [7, 11) is 1.23. The molecule has 132 valence electrons. The van der Waals surface area contributed by atoms with Gasteiger partial charge < -0.3 is 19.7 Å². The molecule has 9 nitrogen and oxygen atoms in total. The Morgan fingerprint density at radius 1 is 1.25 bits per heavy atom. The van der Waals surface area contributed by atoms with E-state index in [2.05, 4.69) is 15.2 Å². The van der Waals surface area contributed by atoms with E-state index in [1.807, 2.05) is 4.90 Å². The number of methoxy groups -OCH3 is 1. The first-order valence-electron chi connectivity index (χ1n) is 7.94. The highest BCUT2D eigenvalue weighted by Crippen LogP contribution is 2.22. The standard InChI is InChI=1S/C15H22N4O5/c1-3-24-14(21)10-13(20)16-11-9-12(17-19(11)15(22)23-2)18-7-5-4-6-8-18/h9H,3-8,10H2,1-2H3,(H,16,20). The molecule has 0 unspecified atom stereocenters. The Bertz CT molecular complexity index is 607. The molecular weight excluding hydrogens is 316 g/mol. The molecule has 0 aromatic carbocycles. The zero-order valence-corrected chi connectivity index (χ0v) is 13.9. The van der Waals surface area contributed by atoms with Crippen molar-refractivity contribution in [2.24, 2.45) is 0 Å². The summed E-state index contributed by atoms with van der Waals surface area (Å²) in [6.07, 6.45) is 2.12. The minimum Gasteiger partial charge on any atom is -0.466 e. The number of piperidine rings is 1. The maximum atomic E-state index is 11.9. The van der Waals surface area contributed by atoms with Crippen LogP contribution in [-0.4, -0.2) is 54.6 Å². The number of ether oxygens (including phenoxy) is 2. The van der Waals surface area contributed by atoms with E-state index in [1.54, 1.807) is 13.0 Å². The predicted octanol–water partition coefficient (Wildman–Crippen LogP) is 1.38. The van der Waals surface area contributed by atoms with Crippen LogP contribution in [0.3, 0.4) is 0 Å². The first-order valence-corrected chi connectivity index (χ1v) is 7.94. The molecule has 1 N–H and O–H groups in total. The highest BCUT2D eigenvalue weighted by atomic mass is 16.5. The van der Waals surface area contributed by atoms with Crippen LogP contribution in [0.25, 0.3) is 0 Å². The van der Waals surface area contributed by atoms with E-state index in [1.165, 1.54) is 7.11 Å². The number of amides is 1. The zero-order chi connectivity index (χ0) is 17.5. The zero-order valence-electron chi connectivity index (χ0n) is 13.9. The summed E-state index contributed by atoms with van der Waals surface area (Å²) in [5, 5.41) is 6.72. The molecule has 0 spiro atoms. The lowest BCUT2D eigenvalue weighted by atomic mass is 10.1. The van der Waals surface area contributed by atoms with Crippen molar-refractivity contribution in [2.75, 3.05) is 37.0 Å². The van der Waals surface area contributed by atoms with E-state index in [0.29, 0.717) is 5.82 Å². The number of carbonyl (C=O) groups excluding carboxylic acids is 3. The minimum absolute atomic E-state index is 0.164. The summed E-state index contributed by atoms with van der Waals surface area (Å²) >= 11 is 0. The van der Waals surface area contributed by atoms with Gasteiger partial charge in [-0.25, -0.2) is 4.79 Å². The number of hydrogen-bond acceptors (Lipinski definition) is 7. The van der Waals surface area contributed by atoms with Crippen molar-refractivity contribution >= 4 is 29.6 Å². The van der Waals surface area contributed by atoms with E-state index in [4.69, 9.17) is 4.74 Å². The normalized spacial score (nSPS) is 14.2. The molecule has 0 bridgehead atoms. The molecule has 0 atom stereocenters. The number of nitrogens with one attached hydrogen (secondary N) is 1. The quantitative estimate of drug-likeness (QED) is 0.639. The van der Waals surface area contributed by atoms with Crippen LogP contribution in [0.5, 0.6) is 0 Å². The molecule has 1 fully saturated rings. The fourth-order valence-electron chi connectivity index (χ4n) is 2.49. The van der Waals surface area contributed by atoms with Gasteiger partial charge in [0.05, 0.1) is 13.7 Å². The predicted molar refractivity (Wildman–Crippen MR) is 86.0 cm³/mol. The van der Waals surface area contributed by atoms with Crippen molar-refractivity contribution in [3.63, 3.8) is 0 Å². The average Bonchev–Trinajstić information content (AvgIpc) is 2.98. The maximum absolute atomic E-state index is 11.9. The SMILES string of the molecule is CCOC(=O)CC(=O)Nc1cc(N2CCCCC2)nn1C(=O)OC. The van der Waals surface area contributed by atoms with Crippen LogP contribution >= 0.6 is 0 Å².